The Kier molecular flexibility index (Phi) is 5.86. The lowest BCUT2D eigenvalue weighted by atomic mass is 10.1. The highest BCUT2D eigenvalue weighted by Crippen LogP contribution is 2.48. The van der Waals surface area contributed by atoms with Crippen LogP contribution in [0.2, 0.25) is 0 Å². The van der Waals surface area contributed by atoms with Crippen molar-refractivity contribution >= 4 is 73.1 Å². The first kappa shape index (κ1) is 24.1. The van der Waals surface area contributed by atoms with E-state index in [9.17, 15) is 14.4 Å². The Morgan fingerprint density at radius 2 is 2.00 bits per heavy atom. The zero-order chi connectivity index (χ0) is 26.6. The fourth-order valence-corrected chi connectivity index (χ4v) is 5.64. The number of aromatic nitrogens is 4. The van der Waals surface area contributed by atoms with Crippen molar-refractivity contribution in [2.45, 2.75) is 31.5 Å². The summed E-state index contributed by atoms with van der Waals surface area (Å²) < 4.78 is 7.06. The van der Waals surface area contributed by atoms with Crippen LogP contribution in [0.1, 0.15) is 12.8 Å². The lowest BCUT2D eigenvalue weighted by Gasteiger charge is -2.27. The second kappa shape index (κ2) is 9.24. The third-order valence-corrected chi connectivity index (χ3v) is 7.50. The number of hydrogen-bond donors (Lipinski definition) is 3. The van der Waals surface area contributed by atoms with Crippen molar-refractivity contribution < 1.29 is 19.1 Å². The number of nitrogens with one attached hydrogen (secondary N) is 2. The van der Waals surface area contributed by atoms with E-state index in [-0.39, 0.29) is 30.2 Å². The molecule has 194 valence electrons. The van der Waals surface area contributed by atoms with E-state index in [0.29, 0.717) is 50.4 Å². The highest BCUT2D eigenvalue weighted by Gasteiger charge is 2.56. The first-order chi connectivity index (χ1) is 18.3. The Morgan fingerprint density at radius 3 is 2.79 bits per heavy atom. The van der Waals surface area contributed by atoms with Crippen LogP contribution in [0.3, 0.4) is 0 Å². The normalized spacial score (nSPS) is 19.8. The van der Waals surface area contributed by atoms with Crippen LogP contribution in [0.5, 0.6) is 0 Å². The maximum atomic E-state index is 13.7. The number of nitrogen functional groups attached to an aromatic ring is 1. The zero-order valence-electron chi connectivity index (χ0n) is 20.2. The van der Waals surface area contributed by atoms with Gasteiger partial charge in [0.05, 0.1) is 18.0 Å². The molecule has 0 bridgehead atoms. The molecule has 4 aromatic rings. The van der Waals surface area contributed by atoms with Crippen molar-refractivity contribution in [1.29, 1.82) is 0 Å². The molecule has 12 nitrogen and oxygen atoms in total. The topological polar surface area (TPSA) is 157 Å². The molecule has 1 aromatic carbocycles. The summed E-state index contributed by atoms with van der Waals surface area (Å²) in [6.45, 7) is -0.0393. The number of halogens is 1. The standard InChI is InChI=1S/C25H23BrN8O4/c1-38-25(37)30-13-5-6-15-14(9-13)21-22(27)28-11-29-23(21)33(15)10-20(35)34-16-7-12(16)8-17(34)24(36)32-19-4-2-3-18(26)31-19/h2-6,9,11-12,16-17H,7-8,10H2,1H3,(H,30,37)(H2,27,28,29)(H,31,32,36)/t12-,16-,17+/m1/s1. The first-order valence-electron chi connectivity index (χ1n) is 12.0. The van der Waals surface area contributed by atoms with E-state index in [1.807, 2.05) is 0 Å². The van der Waals surface area contributed by atoms with Crippen LogP contribution >= 0.6 is 15.9 Å². The van der Waals surface area contributed by atoms with Crippen molar-refractivity contribution in [3.63, 3.8) is 0 Å². The minimum Gasteiger partial charge on any atom is -0.453 e. The third-order valence-electron chi connectivity index (χ3n) is 7.06. The summed E-state index contributed by atoms with van der Waals surface area (Å²) in [4.78, 5) is 53.1. The van der Waals surface area contributed by atoms with Gasteiger partial charge in [0, 0.05) is 17.1 Å². The number of anilines is 3. The second-order valence-electron chi connectivity index (χ2n) is 9.34. The second-order valence-corrected chi connectivity index (χ2v) is 10.2. The third kappa shape index (κ3) is 4.18. The van der Waals surface area contributed by atoms with Gasteiger partial charge in [-0.2, -0.15) is 0 Å². The summed E-state index contributed by atoms with van der Waals surface area (Å²) in [5.41, 5.74) is 7.89. The number of ether oxygens (including phenoxy) is 1. The van der Waals surface area contributed by atoms with Crippen LogP contribution in [-0.2, 0) is 20.9 Å². The molecule has 1 saturated heterocycles. The van der Waals surface area contributed by atoms with Gasteiger partial charge < -0.3 is 25.3 Å². The van der Waals surface area contributed by atoms with Crippen LogP contribution < -0.4 is 16.4 Å². The summed E-state index contributed by atoms with van der Waals surface area (Å²) in [6.07, 6.45) is 2.23. The van der Waals surface area contributed by atoms with E-state index in [1.165, 1.54) is 13.4 Å². The van der Waals surface area contributed by atoms with Crippen molar-refractivity contribution in [2.75, 3.05) is 23.5 Å². The molecule has 38 heavy (non-hydrogen) atoms. The van der Waals surface area contributed by atoms with E-state index < -0.39 is 12.1 Å². The molecule has 4 heterocycles. The van der Waals surface area contributed by atoms with E-state index in [4.69, 9.17) is 5.73 Å². The molecule has 3 aromatic heterocycles. The van der Waals surface area contributed by atoms with Gasteiger partial charge in [-0.05, 0) is 65.0 Å². The Hall–Kier alpha value is -4.26. The molecule has 3 atom stereocenters. The van der Waals surface area contributed by atoms with Gasteiger partial charge in [-0.25, -0.2) is 19.7 Å². The maximum absolute atomic E-state index is 13.7. The Morgan fingerprint density at radius 1 is 1.16 bits per heavy atom. The van der Waals surface area contributed by atoms with Gasteiger partial charge in [-0.1, -0.05) is 6.07 Å². The van der Waals surface area contributed by atoms with E-state index in [1.54, 1.807) is 45.9 Å². The quantitative estimate of drug-likeness (QED) is 0.305. The number of carbonyl (C=O) groups is 3. The summed E-state index contributed by atoms with van der Waals surface area (Å²) in [5, 5.41) is 6.73. The van der Waals surface area contributed by atoms with Gasteiger partial charge in [0.15, 0.2) is 0 Å². The van der Waals surface area contributed by atoms with Crippen LogP contribution in [0.4, 0.5) is 22.1 Å². The fraction of sp³-hybridized carbons (Fsp3) is 0.280. The number of hydrogen-bond acceptors (Lipinski definition) is 8. The van der Waals surface area contributed by atoms with Gasteiger partial charge in [-0.15, -0.1) is 0 Å². The predicted octanol–water partition coefficient (Wildman–Crippen LogP) is 3.13. The number of amides is 3. The molecule has 4 N–H and O–H groups in total. The number of pyridine rings is 1. The van der Waals surface area contributed by atoms with E-state index >= 15 is 0 Å². The average Bonchev–Trinajstić information content (AvgIpc) is 3.44. The number of carbonyl (C=O) groups excluding carboxylic acids is 3. The largest absolute Gasteiger partial charge is 0.453 e. The van der Waals surface area contributed by atoms with Crippen LogP contribution in [0, 0.1) is 5.92 Å². The predicted molar refractivity (Wildman–Crippen MR) is 143 cm³/mol. The van der Waals surface area contributed by atoms with Crippen molar-refractivity contribution in [2.24, 2.45) is 5.92 Å². The fourth-order valence-electron chi connectivity index (χ4n) is 5.30. The maximum Gasteiger partial charge on any atom is 0.411 e. The van der Waals surface area contributed by atoms with Gasteiger partial charge in [-0.3, -0.25) is 14.9 Å². The molecular weight excluding hydrogens is 556 g/mol. The van der Waals surface area contributed by atoms with Crippen LogP contribution in [0.15, 0.2) is 47.3 Å². The lowest BCUT2D eigenvalue weighted by Crippen LogP contribution is -2.46. The SMILES string of the molecule is COC(=O)Nc1ccc2c(c1)c1c(N)ncnc1n2CC(=O)N1[C@@H]2C[C@@H]2C[C@H]1C(=O)Nc1cccc(Br)n1. The molecule has 0 radical (unpaired) electrons. The number of rotatable bonds is 5. The van der Waals surface area contributed by atoms with Crippen LogP contribution in [0.25, 0.3) is 21.9 Å². The number of piperidine rings is 1. The molecule has 13 heteroatoms. The highest BCUT2D eigenvalue weighted by atomic mass is 79.9. The number of fused-ring (bicyclic) bond motifs is 4. The summed E-state index contributed by atoms with van der Waals surface area (Å²) in [6, 6.07) is 9.93. The summed E-state index contributed by atoms with van der Waals surface area (Å²) in [7, 11) is 1.28. The van der Waals surface area contributed by atoms with Crippen molar-refractivity contribution in [3.8, 4) is 0 Å². The summed E-state index contributed by atoms with van der Waals surface area (Å²) in [5.74, 6) is 0.536. The molecule has 1 aliphatic heterocycles. The van der Waals surface area contributed by atoms with Crippen LogP contribution in [-0.4, -0.2) is 61.5 Å². The molecule has 6 rings (SSSR count). The van der Waals surface area contributed by atoms with E-state index in [2.05, 4.69) is 46.3 Å². The molecule has 2 aliphatic rings. The minimum atomic E-state index is -0.608. The first-order valence-corrected chi connectivity index (χ1v) is 12.8. The Labute approximate surface area is 224 Å². The average molecular weight is 579 g/mol. The van der Waals surface area contributed by atoms with Gasteiger partial charge in [0.2, 0.25) is 11.8 Å². The molecular formula is C25H23BrN8O4. The minimum absolute atomic E-state index is 0.0392. The van der Waals surface area contributed by atoms with Crippen molar-refractivity contribution in [3.05, 3.63) is 47.3 Å². The number of methoxy groups -OCH3 is 1. The van der Waals surface area contributed by atoms with Gasteiger partial charge in [0.25, 0.3) is 0 Å². The molecule has 0 unspecified atom stereocenters. The van der Waals surface area contributed by atoms with E-state index in [0.717, 1.165) is 6.42 Å². The Balaban J connectivity index is 1.32. The molecule has 3 amide bonds. The highest BCUT2D eigenvalue weighted by molar-refractivity contribution is 9.10. The Bertz CT molecular complexity index is 1620. The monoisotopic (exact) mass is 578 g/mol. The molecule has 1 saturated carbocycles. The zero-order valence-corrected chi connectivity index (χ0v) is 21.8. The molecule has 0 spiro atoms. The number of nitrogens with two attached hydrogens (primary N) is 1. The molecule has 1 aliphatic carbocycles. The van der Waals surface area contributed by atoms with Crippen molar-refractivity contribution in [1.82, 2.24) is 24.4 Å². The smallest absolute Gasteiger partial charge is 0.411 e. The lowest BCUT2D eigenvalue weighted by molar-refractivity contribution is -0.138. The summed E-state index contributed by atoms with van der Waals surface area (Å²) >= 11 is 3.31. The van der Waals surface area contributed by atoms with Gasteiger partial charge in [0.1, 0.15) is 40.8 Å². The number of likely N-dealkylation sites (tertiary alicyclic amines) is 1. The molecule has 2 fully saturated rings. The number of nitrogens with zero attached hydrogens (tertiary/aromatic N) is 5. The van der Waals surface area contributed by atoms with Gasteiger partial charge >= 0.3 is 6.09 Å². The number of benzene rings is 1.